The Morgan fingerprint density at radius 2 is 1.71 bits per heavy atom. The van der Waals surface area contributed by atoms with Crippen LogP contribution in [0.3, 0.4) is 0 Å². The molecule has 0 spiro atoms. The monoisotopic (exact) mass is 424 g/mol. The summed E-state index contributed by atoms with van der Waals surface area (Å²) in [6.45, 7) is 3.62. The number of Topliss-reactive ketones (excluding diaryl/α,β-unsaturated/α-hetero) is 1. The lowest BCUT2D eigenvalue weighted by molar-refractivity contribution is -0.152. The van der Waals surface area contributed by atoms with E-state index in [9.17, 15) is 9.59 Å². The van der Waals surface area contributed by atoms with E-state index in [2.05, 4.69) is 10.1 Å². The predicted octanol–water partition coefficient (Wildman–Crippen LogP) is 4.29. The van der Waals surface area contributed by atoms with Crippen LogP contribution in [0.1, 0.15) is 67.5 Å². The van der Waals surface area contributed by atoms with Gasteiger partial charge in [-0.1, -0.05) is 5.16 Å². The quantitative estimate of drug-likeness (QED) is 0.612. The highest BCUT2D eigenvalue weighted by Crippen LogP contribution is 2.60. The van der Waals surface area contributed by atoms with Crippen LogP contribution in [0.5, 0.6) is 5.75 Å². The summed E-state index contributed by atoms with van der Waals surface area (Å²) in [7, 11) is 0. The summed E-state index contributed by atoms with van der Waals surface area (Å²) in [6, 6.07) is 6.66. The van der Waals surface area contributed by atoms with Gasteiger partial charge >= 0.3 is 5.97 Å². The van der Waals surface area contributed by atoms with Crippen molar-refractivity contribution in [1.29, 1.82) is 0 Å². The van der Waals surface area contributed by atoms with Crippen LogP contribution >= 0.6 is 0 Å². The van der Waals surface area contributed by atoms with Crippen molar-refractivity contribution in [2.75, 3.05) is 0 Å². The second kappa shape index (κ2) is 7.77. The third-order valence-electron chi connectivity index (χ3n) is 7.24. The largest absolute Gasteiger partial charge is 0.485 e. The van der Waals surface area contributed by atoms with E-state index in [4.69, 9.17) is 14.0 Å². The molecule has 1 unspecified atom stereocenters. The molecule has 2 aromatic rings. The van der Waals surface area contributed by atoms with E-state index in [1.165, 1.54) is 19.3 Å². The summed E-state index contributed by atoms with van der Waals surface area (Å²) in [5.74, 6) is 3.20. The maximum atomic E-state index is 13.3. The molecule has 7 heteroatoms. The molecule has 0 N–H and O–H groups in total. The van der Waals surface area contributed by atoms with Crippen LogP contribution in [-0.2, 0) is 16.1 Å². The zero-order chi connectivity index (χ0) is 21.6. The number of hydrogen-bond acceptors (Lipinski definition) is 7. The van der Waals surface area contributed by atoms with E-state index in [0.717, 1.165) is 19.3 Å². The Balaban J connectivity index is 1.18. The SMILES string of the molecule is Cc1nc(COc2ccc(C(=O)OC(C)C(=O)C34CC5CC(CC(C5)C3)C4)cc2)no1. The number of hydrogen-bond donors (Lipinski definition) is 0. The molecule has 4 aliphatic carbocycles. The predicted molar refractivity (Wildman–Crippen MR) is 110 cm³/mol. The van der Waals surface area contributed by atoms with E-state index in [1.54, 1.807) is 38.1 Å². The summed E-state index contributed by atoms with van der Waals surface area (Å²) >= 11 is 0. The number of ketones is 1. The minimum absolute atomic E-state index is 0.121. The van der Waals surface area contributed by atoms with Crippen molar-refractivity contribution >= 4 is 11.8 Å². The van der Waals surface area contributed by atoms with E-state index >= 15 is 0 Å². The first-order valence-corrected chi connectivity index (χ1v) is 11.2. The molecule has 0 saturated heterocycles. The first kappa shape index (κ1) is 20.2. The Hall–Kier alpha value is -2.70. The Kier molecular flexibility index (Phi) is 5.07. The molecule has 1 heterocycles. The highest BCUT2D eigenvalue weighted by molar-refractivity contribution is 5.94. The topological polar surface area (TPSA) is 91.5 Å². The molecule has 4 saturated carbocycles. The van der Waals surface area contributed by atoms with Gasteiger partial charge in [0.1, 0.15) is 5.75 Å². The molecule has 7 nitrogen and oxygen atoms in total. The van der Waals surface area contributed by atoms with Crippen LogP contribution in [0.2, 0.25) is 0 Å². The molecule has 1 atom stereocenters. The van der Waals surface area contributed by atoms with Gasteiger partial charge in [0, 0.05) is 12.3 Å². The standard InChI is InChI=1S/C24H28N2O5/c1-14(22(27)24-10-16-7-17(11-24)9-18(8-16)12-24)30-23(28)19-3-5-20(6-4-19)29-13-21-25-15(2)31-26-21/h3-6,14,16-18H,7-13H2,1-2H3. The normalized spacial score (nSPS) is 29.5. The molecule has 0 aliphatic heterocycles. The zero-order valence-corrected chi connectivity index (χ0v) is 18.0. The lowest BCUT2D eigenvalue weighted by Gasteiger charge is -2.56. The number of aromatic nitrogens is 2. The van der Waals surface area contributed by atoms with E-state index in [1.807, 2.05) is 0 Å². The minimum atomic E-state index is -0.721. The van der Waals surface area contributed by atoms with Crippen LogP contribution in [0, 0.1) is 30.1 Å². The van der Waals surface area contributed by atoms with Gasteiger partial charge in [0.15, 0.2) is 18.5 Å². The first-order valence-electron chi connectivity index (χ1n) is 11.2. The second-order valence-corrected chi connectivity index (χ2v) is 9.65. The third-order valence-corrected chi connectivity index (χ3v) is 7.24. The van der Waals surface area contributed by atoms with Crippen molar-refractivity contribution in [3.8, 4) is 5.75 Å². The molecule has 4 bridgehead atoms. The molecule has 4 fully saturated rings. The number of esters is 1. The first-order chi connectivity index (χ1) is 14.9. The van der Waals surface area contributed by atoms with Crippen molar-refractivity contribution in [1.82, 2.24) is 10.1 Å². The van der Waals surface area contributed by atoms with E-state index < -0.39 is 12.1 Å². The fourth-order valence-corrected chi connectivity index (χ4v) is 6.36. The van der Waals surface area contributed by atoms with Crippen molar-refractivity contribution in [2.45, 2.75) is 65.1 Å². The third kappa shape index (κ3) is 3.98. The summed E-state index contributed by atoms with van der Waals surface area (Å²) in [5, 5.41) is 3.78. The number of benzene rings is 1. The van der Waals surface area contributed by atoms with Gasteiger partial charge in [0.2, 0.25) is 11.7 Å². The van der Waals surface area contributed by atoms with Gasteiger partial charge in [-0.2, -0.15) is 4.98 Å². The van der Waals surface area contributed by atoms with Gasteiger partial charge in [0.25, 0.3) is 0 Å². The average molecular weight is 424 g/mol. The van der Waals surface area contributed by atoms with Crippen LogP contribution in [0.15, 0.2) is 28.8 Å². The Morgan fingerprint density at radius 1 is 1.10 bits per heavy atom. The minimum Gasteiger partial charge on any atom is -0.485 e. The number of ether oxygens (including phenoxy) is 2. The lowest BCUT2D eigenvalue weighted by Crippen LogP contribution is -2.52. The van der Waals surface area contributed by atoms with Gasteiger partial charge in [-0.3, -0.25) is 4.79 Å². The fourth-order valence-electron chi connectivity index (χ4n) is 6.36. The van der Waals surface area contributed by atoms with Gasteiger partial charge in [-0.15, -0.1) is 0 Å². The molecular formula is C24H28N2O5. The highest BCUT2D eigenvalue weighted by atomic mass is 16.5. The number of carbonyl (C=O) groups is 2. The van der Waals surface area contributed by atoms with Crippen molar-refractivity contribution in [3.05, 3.63) is 41.5 Å². The molecule has 1 aromatic heterocycles. The Morgan fingerprint density at radius 3 is 2.26 bits per heavy atom. The highest BCUT2D eigenvalue weighted by Gasteiger charge is 2.55. The lowest BCUT2D eigenvalue weighted by atomic mass is 9.48. The maximum absolute atomic E-state index is 13.3. The van der Waals surface area contributed by atoms with Gasteiger partial charge in [-0.05, 0) is 87.5 Å². The summed E-state index contributed by atoms with van der Waals surface area (Å²) in [4.78, 5) is 30.0. The van der Waals surface area contributed by atoms with Gasteiger partial charge < -0.3 is 14.0 Å². The van der Waals surface area contributed by atoms with Crippen molar-refractivity contribution < 1.29 is 23.6 Å². The van der Waals surface area contributed by atoms with Crippen molar-refractivity contribution in [3.63, 3.8) is 0 Å². The smallest absolute Gasteiger partial charge is 0.338 e. The molecule has 0 radical (unpaired) electrons. The molecule has 1 aromatic carbocycles. The number of aryl methyl sites for hydroxylation is 1. The van der Waals surface area contributed by atoms with Gasteiger partial charge in [-0.25, -0.2) is 4.79 Å². The molecule has 0 amide bonds. The maximum Gasteiger partial charge on any atom is 0.338 e. The van der Waals surface area contributed by atoms with Crippen LogP contribution in [0.4, 0.5) is 0 Å². The molecule has 4 aliphatic rings. The number of carbonyl (C=O) groups excluding carboxylic acids is 2. The summed E-state index contributed by atoms with van der Waals surface area (Å²) in [5.41, 5.74) is 0.132. The van der Waals surface area contributed by atoms with E-state index in [-0.39, 0.29) is 17.8 Å². The zero-order valence-electron chi connectivity index (χ0n) is 18.0. The Bertz CT molecular complexity index is 945. The molecular weight excluding hydrogens is 396 g/mol. The van der Waals surface area contributed by atoms with E-state index in [0.29, 0.717) is 40.8 Å². The van der Waals surface area contributed by atoms with Crippen LogP contribution in [-0.4, -0.2) is 28.0 Å². The second-order valence-electron chi connectivity index (χ2n) is 9.65. The van der Waals surface area contributed by atoms with Crippen molar-refractivity contribution in [2.24, 2.45) is 23.2 Å². The number of nitrogens with zero attached hydrogens (tertiary/aromatic N) is 2. The summed E-state index contributed by atoms with van der Waals surface area (Å²) < 4.78 is 16.1. The van der Waals surface area contributed by atoms with Crippen LogP contribution in [0.25, 0.3) is 0 Å². The summed E-state index contributed by atoms with van der Waals surface area (Å²) in [6.07, 6.45) is 6.05. The molecule has 31 heavy (non-hydrogen) atoms. The number of rotatable bonds is 7. The average Bonchev–Trinajstić information content (AvgIpc) is 3.16. The fraction of sp³-hybridized carbons (Fsp3) is 0.583. The Labute approximate surface area is 181 Å². The molecule has 6 rings (SSSR count). The molecule has 164 valence electrons. The van der Waals surface area contributed by atoms with Gasteiger partial charge in [0.05, 0.1) is 5.56 Å². The van der Waals surface area contributed by atoms with Crippen LogP contribution < -0.4 is 4.74 Å².